The number of benzene rings is 10. The van der Waals surface area contributed by atoms with Crippen molar-refractivity contribution in [1.29, 1.82) is 0 Å². The number of nitrogens with zero attached hydrogens (tertiary/aromatic N) is 4. The van der Waals surface area contributed by atoms with E-state index in [2.05, 4.69) is 84.9 Å². The van der Waals surface area contributed by atoms with Crippen molar-refractivity contribution in [3.63, 3.8) is 0 Å². The molecule has 0 amide bonds. The van der Waals surface area contributed by atoms with Crippen molar-refractivity contribution in [3.05, 3.63) is 239 Å². The summed E-state index contributed by atoms with van der Waals surface area (Å²) in [7, 11) is 0. The molecule has 0 aliphatic carbocycles. The second-order valence-electron chi connectivity index (χ2n) is 15.7. The van der Waals surface area contributed by atoms with Crippen LogP contribution in [0.5, 0.6) is 0 Å². The molecule has 10 aromatic carbocycles. The summed E-state index contributed by atoms with van der Waals surface area (Å²) in [6, 6.07) is 74.1. The van der Waals surface area contributed by atoms with Crippen LogP contribution in [0, 0.1) is 0 Å². The second-order valence-corrected chi connectivity index (χ2v) is 15.7. The Morgan fingerprint density at radius 3 is 0.919 bits per heavy atom. The van der Waals surface area contributed by atoms with E-state index in [-0.39, 0.29) is 11.4 Å². The number of aromatic nitrogens is 4. The van der Waals surface area contributed by atoms with Crippen LogP contribution in [0.15, 0.2) is 228 Å². The number of hydrogen-bond donors (Lipinski definition) is 0. The summed E-state index contributed by atoms with van der Waals surface area (Å²) >= 11 is 0. The molecular formula is C56H36N4O2. The van der Waals surface area contributed by atoms with Gasteiger partial charge in [-0.2, -0.15) is 0 Å². The first kappa shape index (κ1) is 35.5. The van der Waals surface area contributed by atoms with Crippen LogP contribution in [0.25, 0.3) is 99.4 Å². The molecule has 0 aliphatic rings. The summed E-state index contributed by atoms with van der Waals surface area (Å²) < 4.78 is 7.15. The van der Waals surface area contributed by atoms with Crippen molar-refractivity contribution in [2.75, 3.05) is 0 Å². The van der Waals surface area contributed by atoms with Crippen LogP contribution < -0.4 is 11.4 Å². The van der Waals surface area contributed by atoms with Gasteiger partial charge in [0.1, 0.15) is 0 Å². The molecule has 0 N–H and O–H groups in total. The average Bonchev–Trinajstić information content (AvgIpc) is 3.80. The van der Waals surface area contributed by atoms with Crippen molar-refractivity contribution >= 4 is 54.4 Å². The molecular weight excluding hydrogens is 761 g/mol. The number of imidazole rings is 2. The van der Waals surface area contributed by atoms with Crippen molar-refractivity contribution in [3.8, 4) is 45.0 Å². The van der Waals surface area contributed by atoms with Crippen LogP contribution in [0.4, 0.5) is 0 Å². The second kappa shape index (κ2) is 14.1. The highest BCUT2D eigenvalue weighted by Crippen LogP contribution is 2.42. The first-order chi connectivity index (χ1) is 30.6. The Morgan fingerprint density at radius 2 is 0.565 bits per heavy atom. The Kier molecular flexibility index (Phi) is 8.05. The monoisotopic (exact) mass is 796 g/mol. The average molecular weight is 797 g/mol. The normalized spacial score (nSPS) is 11.7. The molecule has 2 aromatic heterocycles. The minimum absolute atomic E-state index is 0.111. The van der Waals surface area contributed by atoms with E-state index < -0.39 is 0 Å². The van der Waals surface area contributed by atoms with Gasteiger partial charge in [-0.25, -0.2) is 9.59 Å². The summed E-state index contributed by atoms with van der Waals surface area (Å²) in [6.07, 6.45) is 0. The summed E-state index contributed by atoms with van der Waals surface area (Å²) in [4.78, 5) is 28.3. The molecule has 6 nitrogen and oxygen atoms in total. The zero-order chi connectivity index (χ0) is 41.3. The largest absolute Gasteiger partial charge is 0.338 e. The quantitative estimate of drug-likeness (QED) is 0.157. The van der Waals surface area contributed by atoms with E-state index in [1.54, 1.807) is 18.3 Å². The molecule has 0 spiro atoms. The molecule has 12 rings (SSSR count). The molecule has 0 saturated carbocycles. The van der Waals surface area contributed by atoms with Crippen LogP contribution in [0.3, 0.4) is 0 Å². The fraction of sp³-hybridized carbons (Fsp3) is 0. The predicted molar refractivity (Wildman–Crippen MR) is 255 cm³/mol. The number of rotatable bonds is 6. The molecule has 0 atom stereocenters. The zero-order valence-electron chi connectivity index (χ0n) is 33.4. The first-order valence-corrected chi connectivity index (χ1v) is 20.8. The van der Waals surface area contributed by atoms with Gasteiger partial charge in [0.2, 0.25) is 0 Å². The maximum Gasteiger partial charge on any atom is 0.338 e. The third-order valence-corrected chi connectivity index (χ3v) is 12.3. The third-order valence-electron chi connectivity index (χ3n) is 12.3. The van der Waals surface area contributed by atoms with Gasteiger partial charge in [0.15, 0.2) is 0 Å². The topological polar surface area (TPSA) is 53.9 Å². The van der Waals surface area contributed by atoms with Crippen LogP contribution in [-0.4, -0.2) is 18.3 Å². The van der Waals surface area contributed by atoms with Crippen molar-refractivity contribution in [2.24, 2.45) is 0 Å². The molecule has 0 saturated heterocycles. The van der Waals surface area contributed by atoms with Crippen LogP contribution in [0.2, 0.25) is 0 Å². The smallest absolute Gasteiger partial charge is 0.260 e. The van der Waals surface area contributed by atoms with Gasteiger partial charge in [0.25, 0.3) is 0 Å². The van der Waals surface area contributed by atoms with Gasteiger partial charge in [-0.1, -0.05) is 133 Å². The summed E-state index contributed by atoms with van der Waals surface area (Å²) in [6.45, 7) is 0. The van der Waals surface area contributed by atoms with Gasteiger partial charge < -0.3 is 0 Å². The van der Waals surface area contributed by atoms with E-state index >= 15 is 0 Å². The number of hydrogen-bond acceptors (Lipinski definition) is 2. The molecule has 0 radical (unpaired) electrons. The SMILES string of the molecule is O=c1n(-c2ccccc2)c2ccccc2n1-c1ccc(-c2cc3cc(-c4ccc(-n5c(=O)n(-c6ccccc6)c6ccccc65)cc4)c4ccccc4c3c3ccccc23)cc1. The van der Waals surface area contributed by atoms with Crippen LogP contribution in [0.1, 0.15) is 0 Å². The molecule has 2 heterocycles. The van der Waals surface area contributed by atoms with Gasteiger partial charge in [0, 0.05) is 0 Å². The summed E-state index contributed by atoms with van der Waals surface area (Å²) in [5.74, 6) is 0. The highest BCUT2D eigenvalue weighted by molar-refractivity contribution is 6.25. The lowest BCUT2D eigenvalue weighted by Gasteiger charge is -2.16. The fourth-order valence-corrected chi connectivity index (χ4v) is 9.49. The summed E-state index contributed by atoms with van der Waals surface area (Å²) in [5, 5.41) is 7.01. The van der Waals surface area contributed by atoms with E-state index in [1.807, 2.05) is 133 Å². The molecule has 6 heteroatoms. The van der Waals surface area contributed by atoms with Crippen molar-refractivity contribution in [1.82, 2.24) is 18.3 Å². The van der Waals surface area contributed by atoms with Gasteiger partial charge >= 0.3 is 11.4 Å². The highest BCUT2D eigenvalue weighted by Gasteiger charge is 2.19. The molecule has 0 unspecified atom stereocenters. The minimum atomic E-state index is -0.111. The van der Waals surface area contributed by atoms with E-state index in [4.69, 9.17) is 0 Å². The Balaban J connectivity index is 0.991. The lowest BCUT2D eigenvalue weighted by molar-refractivity contribution is 0.930. The minimum Gasteiger partial charge on any atom is -0.260 e. The Morgan fingerprint density at radius 1 is 0.274 bits per heavy atom. The third kappa shape index (κ3) is 5.44. The maximum absolute atomic E-state index is 14.1. The predicted octanol–water partition coefficient (Wildman–Crippen LogP) is 12.7. The Bertz CT molecular complexity index is 3570. The standard InChI is InChI=1S/C56H36N4O2/c61-55-57(40-15-3-1-4-16-40)50-23-11-13-25-52(50)59(55)42-31-27-37(28-32-42)48-35-39-36-49(45-20-8-10-22-47(45)54(39)46-21-9-7-19-44(46)48)38-29-33-43(34-30-38)60-53-26-14-12-24-51(53)58(56(60)62)41-17-5-2-6-18-41/h1-36H. The molecule has 0 bridgehead atoms. The van der Waals surface area contributed by atoms with Gasteiger partial charge in [-0.3, -0.25) is 18.3 Å². The maximum atomic E-state index is 14.1. The first-order valence-electron chi connectivity index (χ1n) is 20.8. The number of para-hydroxylation sites is 6. The van der Waals surface area contributed by atoms with Crippen LogP contribution >= 0.6 is 0 Å². The molecule has 0 fully saturated rings. The highest BCUT2D eigenvalue weighted by atomic mass is 16.2. The lowest BCUT2D eigenvalue weighted by Crippen LogP contribution is -2.22. The zero-order valence-corrected chi connectivity index (χ0v) is 33.4. The molecule has 12 aromatic rings. The van der Waals surface area contributed by atoms with Crippen molar-refractivity contribution < 1.29 is 0 Å². The molecule has 292 valence electrons. The van der Waals surface area contributed by atoms with Crippen molar-refractivity contribution in [2.45, 2.75) is 0 Å². The van der Waals surface area contributed by atoms with Crippen LogP contribution in [-0.2, 0) is 0 Å². The fourth-order valence-electron chi connectivity index (χ4n) is 9.49. The van der Waals surface area contributed by atoms with Gasteiger partial charge in [-0.15, -0.1) is 0 Å². The lowest BCUT2D eigenvalue weighted by atomic mass is 9.87. The van der Waals surface area contributed by atoms with E-state index in [1.165, 1.54) is 16.2 Å². The van der Waals surface area contributed by atoms with E-state index in [0.717, 1.165) is 83.2 Å². The van der Waals surface area contributed by atoms with Gasteiger partial charge in [0.05, 0.1) is 44.8 Å². The Hall–Kier alpha value is -8.48. The van der Waals surface area contributed by atoms with E-state index in [0.29, 0.717) is 0 Å². The van der Waals surface area contributed by atoms with E-state index in [9.17, 15) is 9.59 Å². The molecule has 0 aliphatic heterocycles. The molecule has 62 heavy (non-hydrogen) atoms. The van der Waals surface area contributed by atoms with Gasteiger partial charge in [-0.05, 0) is 140 Å². The summed E-state index contributed by atoms with van der Waals surface area (Å²) in [5.41, 5.74) is 10.8. The Labute approximate surface area is 355 Å². The number of fused-ring (bicyclic) bond motifs is 7.